The number of guanidine groups is 1. The fourth-order valence-electron chi connectivity index (χ4n) is 2.52. The van der Waals surface area contributed by atoms with Gasteiger partial charge in [-0.25, -0.2) is 0 Å². The first-order valence-electron chi connectivity index (χ1n) is 8.21. The zero-order valence-electron chi connectivity index (χ0n) is 14.8. The number of ether oxygens (including phenoxy) is 2. The molecule has 5 nitrogen and oxygen atoms in total. The topological polar surface area (TPSA) is 54.9 Å². The first kappa shape index (κ1) is 21.9. The van der Waals surface area contributed by atoms with Gasteiger partial charge in [-0.2, -0.15) is 0 Å². The monoisotopic (exact) mass is 427 g/mol. The summed E-state index contributed by atoms with van der Waals surface area (Å²) in [6.45, 7) is 11.9. The van der Waals surface area contributed by atoms with E-state index in [1.165, 1.54) is 6.42 Å². The van der Waals surface area contributed by atoms with Crippen molar-refractivity contribution < 1.29 is 9.47 Å². The minimum atomic E-state index is 0. The van der Waals surface area contributed by atoms with Gasteiger partial charge in [-0.05, 0) is 19.8 Å². The molecule has 0 bridgehead atoms. The number of unbranched alkanes of at least 4 members (excludes halogenated alkanes) is 1. The van der Waals surface area contributed by atoms with E-state index in [2.05, 4.69) is 43.3 Å². The molecule has 0 spiro atoms. The molecule has 0 heterocycles. The molecule has 0 aromatic carbocycles. The summed E-state index contributed by atoms with van der Waals surface area (Å²) in [5.74, 6) is 0.875. The normalized spacial score (nSPS) is 23.4. The van der Waals surface area contributed by atoms with Gasteiger partial charge < -0.3 is 20.1 Å². The Bertz CT molecular complexity index is 325. The molecule has 0 aromatic rings. The third-order valence-electron chi connectivity index (χ3n) is 4.22. The van der Waals surface area contributed by atoms with Crippen LogP contribution in [0.4, 0.5) is 0 Å². The van der Waals surface area contributed by atoms with Crippen LogP contribution in [0.2, 0.25) is 0 Å². The van der Waals surface area contributed by atoms with Gasteiger partial charge in [0.05, 0.1) is 19.3 Å². The SMILES string of the molecule is CCCCOC1CC(NC(=NCCOC)NCC)C1(C)C.I. The Morgan fingerprint density at radius 1 is 1.27 bits per heavy atom. The van der Waals surface area contributed by atoms with Crippen LogP contribution in [0.15, 0.2) is 4.99 Å². The van der Waals surface area contributed by atoms with Crippen LogP contribution >= 0.6 is 24.0 Å². The minimum absolute atomic E-state index is 0. The van der Waals surface area contributed by atoms with E-state index in [9.17, 15) is 0 Å². The van der Waals surface area contributed by atoms with Gasteiger partial charge in [0.2, 0.25) is 0 Å². The molecule has 0 radical (unpaired) electrons. The maximum atomic E-state index is 5.98. The molecule has 6 heteroatoms. The van der Waals surface area contributed by atoms with Gasteiger partial charge in [-0.3, -0.25) is 4.99 Å². The number of rotatable bonds is 9. The van der Waals surface area contributed by atoms with Crippen molar-refractivity contribution in [3.63, 3.8) is 0 Å². The molecule has 1 aliphatic carbocycles. The predicted molar refractivity (Wildman–Crippen MR) is 103 cm³/mol. The number of nitrogens with one attached hydrogen (secondary N) is 2. The molecule has 0 amide bonds. The molecule has 132 valence electrons. The minimum Gasteiger partial charge on any atom is -0.383 e. The standard InChI is InChI=1S/C16H33N3O2.HI/c1-6-8-10-21-14-12-13(16(14,3)4)19-15(17-7-2)18-9-11-20-5;/h13-14H,6-12H2,1-5H3,(H2,17,18,19);1H. The van der Waals surface area contributed by atoms with Crippen LogP contribution < -0.4 is 10.6 Å². The second kappa shape index (κ2) is 11.5. The fourth-order valence-corrected chi connectivity index (χ4v) is 2.52. The molecule has 2 unspecified atom stereocenters. The van der Waals surface area contributed by atoms with Crippen molar-refractivity contribution in [1.29, 1.82) is 0 Å². The number of aliphatic imine (C=N–C) groups is 1. The third kappa shape index (κ3) is 6.58. The number of halogens is 1. The van der Waals surface area contributed by atoms with Crippen LogP contribution in [0.25, 0.3) is 0 Å². The third-order valence-corrected chi connectivity index (χ3v) is 4.22. The largest absolute Gasteiger partial charge is 0.383 e. The summed E-state index contributed by atoms with van der Waals surface area (Å²) in [6.07, 6.45) is 3.73. The van der Waals surface area contributed by atoms with Crippen molar-refractivity contribution in [3.05, 3.63) is 0 Å². The van der Waals surface area contributed by atoms with Crippen molar-refractivity contribution in [3.8, 4) is 0 Å². The summed E-state index contributed by atoms with van der Waals surface area (Å²) in [5.41, 5.74) is 0.144. The van der Waals surface area contributed by atoms with Crippen molar-refractivity contribution >= 4 is 29.9 Å². The molecule has 1 rings (SSSR count). The lowest BCUT2D eigenvalue weighted by Crippen LogP contribution is -2.63. The van der Waals surface area contributed by atoms with E-state index in [1.807, 2.05) is 0 Å². The smallest absolute Gasteiger partial charge is 0.191 e. The highest BCUT2D eigenvalue weighted by Crippen LogP contribution is 2.42. The lowest BCUT2D eigenvalue weighted by atomic mass is 9.64. The zero-order chi connectivity index (χ0) is 15.7. The van der Waals surface area contributed by atoms with Gasteiger partial charge in [0.15, 0.2) is 5.96 Å². The summed E-state index contributed by atoms with van der Waals surface area (Å²) in [7, 11) is 1.70. The van der Waals surface area contributed by atoms with Crippen molar-refractivity contribution in [2.45, 2.75) is 59.1 Å². The molecule has 0 aromatic heterocycles. The Labute approximate surface area is 153 Å². The highest BCUT2D eigenvalue weighted by Gasteiger charge is 2.49. The van der Waals surface area contributed by atoms with Crippen molar-refractivity contribution in [2.24, 2.45) is 10.4 Å². The molecule has 22 heavy (non-hydrogen) atoms. The predicted octanol–water partition coefficient (Wildman–Crippen LogP) is 2.79. The Morgan fingerprint density at radius 2 is 2.00 bits per heavy atom. The fraction of sp³-hybridized carbons (Fsp3) is 0.938. The van der Waals surface area contributed by atoms with E-state index >= 15 is 0 Å². The van der Waals surface area contributed by atoms with Gasteiger partial charge in [0.25, 0.3) is 0 Å². The summed E-state index contributed by atoms with van der Waals surface area (Å²) in [4.78, 5) is 4.52. The highest BCUT2D eigenvalue weighted by molar-refractivity contribution is 14.0. The van der Waals surface area contributed by atoms with Gasteiger partial charge in [0, 0.05) is 31.7 Å². The molecule has 0 aliphatic heterocycles. The summed E-state index contributed by atoms with van der Waals surface area (Å²) >= 11 is 0. The first-order valence-corrected chi connectivity index (χ1v) is 8.21. The lowest BCUT2D eigenvalue weighted by Gasteiger charge is -2.52. The molecular formula is C16H34IN3O2. The van der Waals surface area contributed by atoms with Crippen LogP contribution in [-0.4, -0.2) is 51.5 Å². The van der Waals surface area contributed by atoms with Crippen molar-refractivity contribution in [2.75, 3.05) is 33.4 Å². The maximum Gasteiger partial charge on any atom is 0.191 e. The number of hydrogen-bond donors (Lipinski definition) is 2. The van der Waals surface area contributed by atoms with E-state index in [4.69, 9.17) is 9.47 Å². The van der Waals surface area contributed by atoms with Crippen LogP contribution in [0.1, 0.15) is 47.0 Å². The quantitative estimate of drug-likeness (QED) is 0.257. The summed E-state index contributed by atoms with van der Waals surface area (Å²) < 4.78 is 11.0. The lowest BCUT2D eigenvalue weighted by molar-refractivity contribution is -0.113. The van der Waals surface area contributed by atoms with Crippen LogP contribution in [0.3, 0.4) is 0 Å². The Balaban J connectivity index is 0.00000441. The van der Waals surface area contributed by atoms with E-state index in [1.54, 1.807) is 7.11 Å². The van der Waals surface area contributed by atoms with Gasteiger partial charge in [-0.15, -0.1) is 24.0 Å². The summed E-state index contributed by atoms with van der Waals surface area (Å²) in [5, 5.41) is 6.82. The number of hydrogen-bond acceptors (Lipinski definition) is 3. The van der Waals surface area contributed by atoms with Gasteiger partial charge >= 0.3 is 0 Å². The van der Waals surface area contributed by atoms with E-state index in [0.29, 0.717) is 25.3 Å². The summed E-state index contributed by atoms with van der Waals surface area (Å²) in [6, 6.07) is 0.407. The average Bonchev–Trinajstić information content (AvgIpc) is 2.45. The van der Waals surface area contributed by atoms with Crippen LogP contribution in [-0.2, 0) is 9.47 Å². The maximum absolute atomic E-state index is 5.98. The van der Waals surface area contributed by atoms with E-state index in [-0.39, 0.29) is 29.4 Å². The van der Waals surface area contributed by atoms with Crippen LogP contribution in [0, 0.1) is 5.41 Å². The van der Waals surface area contributed by atoms with Gasteiger partial charge in [0.1, 0.15) is 0 Å². The number of methoxy groups -OCH3 is 1. The Kier molecular flexibility index (Phi) is 11.4. The van der Waals surface area contributed by atoms with Crippen molar-refractivity contribution in [1.82, 2.24) is 10.6 Å². The molecule has 2 atom stereocenters. The zero-order valence-corrected chi connectivity index (χ0v) is 17.1. The Hall–Kier alpha value is -0.0800. The van der Waals surface area contributed by atoms with E-state index in [0.717, 1.165) is 32.0 Å². The first-order chi connectivity index (χ1) is 10.1. The molecule has 1 fully saturated rings. The highest BCUT2D eigenvalue weighted by atomic mass is 127. The van der Waals surface area contributed by atoms with Gasteiger partial charge in [-0.1, -0.05) is 27.2 Å². The molecule has 1 aliphatic rings. The molecule has 0 saturated heterocycles. The second-order valence-corrected chi connectivity index (χ2v) is 6.22. The van der Waals surface area contributed by atoms with Crippen LogP contribution in [0.5, 0.6) is 0 Å². The molecule has 2 N–H and O–H groups in total. The number of nitrogens with zero attached hydrogens (tertiary/aromatic N) is 1. The molecular weight excluding hydrogens is 393 g/mol. The second-order valence-electron chi connectivity index (χ2n) is 6.22. The molecule has 1 saturated carbocycles. The average molecular weight is 427 g/mol. The Morgan fingerprint density at radius 3 is 2.55 bits per heavy atom. The van der Waals surface area contributed by atoms with E-state index < -0.39 is 0 Å².